The number of hydrogen-bond donors (Lipinski definition) is 4. The Balaban J connectivity index is 0.000000423. The van der Waals surface area contributed by atoms with Crippen LogP contribution in [0.5, 0.6) is 0 Å². The van der Waals surface area contributed by atoms with E-state index in [4.69, 9.17) is 15.9 Å². The van der Waals surface area contributed by atoms with E-state index in [1.54, 1.807) is 0 Å². The van der Waals surface area contributed by atoms with Crippen LogP contribution in [0.3, 0.4) is 0 Å². The van der Waals surface area contributed by atoms with E-state index in [9.17, 15) is 0 Å². The Hall–Kier alpha value is -0.940. The van der Waals surface area contributed by atoms with Gasteiger partial charge < -0.3 is 21.3 Å². The average Bonchev–Trinajstić information content (AvgIpc) is 2.31. The highest BCUT2D eigenvalue weighted by Gasteiger charge is 1.87. The van der Waals surface area contributed by atoms with Gasteiger partial charge in [-0.3, -0.25) is 0 Å². The van der Waals surface area contributed by atoms with Crippen molar-refractivity contribution < 1.29 is 10.2 Å². The van der Waals surface area contributed by atoms with Gasteiger partial charge in [-0.15, -0.1) is 0 Å². The summed E-state index contributed by atoms with van der Waals surface area (Å²) >= 11 is 0. The van der Waals surface area contributed by atoms with Gasteiger partial charge in [0, 0.05) is 19.6 Å². The number of rotatable bonds is 5. The minimum Gasteiger partial charge on any atom is -0.395 e. The Kier molecular flexibility index (Phi) is 10.4. The summed E-state index contributed by atoms with van der Waals surface area (Å²) in [6.45, 7) is 2.17. The number of aliphatic hydroxyl groups is 2. The van der Waals surface area contributed by atoms with Crippen molar-refractivity contribution in [2.24, 2.45) is 5.73 Å². The third kappa shape index (κ3) is 9.37. The second-order valence-corrected chi connectivity index (χ2v) is 2.90. The van der Waals surface area contributed by atoms with Crippen molar-refractivity contribution in [1.82, 2.24) is 5.32 Å². The number of hydrogen-bond acceptors (Lipinski definition) is 4. The highest BCUT2D eigenvalue weighted by atomic mass is 16.3. The van der Waals surface area contributed by atoms with E-state index in [0.29, 0.717) is 13.1 Å². The molecule has 5 N–H and O–H groups in total. The first-order chi connectivity index (χ1) is 7.35. The van der Waals surface area contributed by atoms with Crippen molar-refractivity contribution in [3.63, 3.8) is 0 Å². The van der Waals surface area contributed by atoms with Crippen LogP contribution in [0.25, 0.3) is 0 Å². The SMILES string of the molecule is NCCO.OCCNCc1ccccc1. The predicted molar refractivity (Wildman–Crippen MR) is 61.4 cm³/mol. The smallest absolute Gasteiger partial charge is 0.0556 e. The highest BCUT2D eigenvalue weighted by Crippen LogP contribution is 1.96. The summed E-state index contributed by atoms with van der Waals surface area (Å²) in [6, 6.07) is 10.1. The molecule has 1 aromatic rings. The van der Waals surface area contributed by atoms with Crippen molar-refractivity contribution in [2.75, 3.05) is 26.3 Å². The predicted octanol–water partition coefficient (Wildman–Crippen LogP) is -0.294. The summed E-state index contributed by atoms with van der Waals surface area (Å²) in [4.78, 5) is 0. The van der Waals surface area contributed by atoms with E-state index in [1.165, 1.54) is 5.56 Å². The van der Waals surface area contributed by atoms with Gasteiger partial charge in [0.1, 0.15) is 0 Å². The lowest BCUT2D eigenvalue weighted by atomic mass is 10.2. The van der Waals surface area contributed by atoms with Gasteiger partial charge >= 0.3 is 0 Å². The van der Waals surface area contributed by atoms with Crippen LogP contribution >= 0.6 is 0 Å². The fourth-order valence-electron chi connectivity index (χ4n) is 0.908. The summed E-state index contributed by atoms with van der Waals surface area (Å²) < 4.78 is 0. The molecule has 0 fully saturated rings. The first kappa shape index (κ1) is 14.1. The van der Waals surface area contributed by atoms with Crippen LogP contribution in [0, 0.1) is 0 Å². The highest BCUT2D eigenvalue weighted by molar-refractivity contribution is 5.14. The van der Waals surface area contributed by atoms with Crippen molar-refractivity contribution in [2.45, 2.75) is 6.54 Å². The Morgan fingerprint density at radius 3 is 2.13 bits per heavy atom. The quantitative estimate of drug-likeness (QED) is 0.506. The van der Waals surface area contributed by atoms with E-state index >= 15 is 0 Å². The van der Waals surface area contributed by atoms with Gasteiger partial charge in [-0.05, 0) is 5.56 Å². The number of nitrogens with two attached hydrogens (primary N) is 1. The molecule has 0 aliphatic heterocycles. The number of benzene rings is 1. The summed E-state index contributed by atoms with van der Waals surface area (Å²) in [5.74, 6) is 0. The second kappa shape index (κ2) is 11.1. The second-order valence-electron chi connectivity index (χ2n) is 2.90. The summed E-state index contributed by atoms with van der Waals surface area (Å²) in [5.41, 5.74) is 6.03. The molecule has 4 nitrogen and oxygen atoms in total. The van der Waals surface area contributed by atoms with Crippen molar-refractivity contribution >= 4 is 0 Å². The van der Waals surface area contributed by atoms with Crippen LogP contribution in [-0.4, -0.2) is 36.5 Å². The van der Waals surface area contributed by atoms with Gasteiger partial charge in [-0.1, -0.05) is 30.3 Å². The first-order valence-electron chi connectivity index (χ1n) is 5.01. The molecule has 86 valence electrons. The maximum absolute atomic E-state index is 8.48. The summed E-state index contributed by atoms with van der Waals surface area (Å²) in [7, 11) is 0. The maximum atomic E-state index is 8.48. The zero-order valence-electron chi connectivity index (χ0n) is 8.89. The largest absolute Gasteiger partial charge is 0.395 e. The topological polar surface area (TPSA) is 78.5 Å². The Morgan fingerprint density at radius 1 is 1.07 bits per heavy atom. The molecule has 0 aromatic heterocycles. The molecule has 0 atom stereocenters. The Morgan fingerprint density at radius 2 is 1.67 bits per heavy atom. The lowest BCUT2D eigenvalue weighted by Gasteiger charge is -2.01. The number of aliphatic hydroxyl groups excluding tert-OH is 2. The minimum absolute atomic E-state index is 0.0972. The molecule has 0 amide bonds. The van der Waals surface area contributed by atoms with E-state index in [1.807, 2.05) is 18.2 Å². The van der Waals surface area contributed by atoms with Gasteiger partial charge in [0.2, 0.25) is 0 Å². The molecule has 0 bridgehead atoms. The molecule has 0 saturated carbocycles. The zero-order chi connectivity index (χ0) is 11.4. The van der Waals surface area contributed by atoms with Crippen LogP contribution in [0.15, 0.2) is 30.3 Å². The van der Waals surface area contributed by atoms with Crippen LogP contribution < -0.4 is 11.1 Å². The van der Waals surface area contributed by atoms with Crippen molar-refractivity contribution in [1.29, 1.82) is 0 Å². The molecule has 1 aromatic carbocycles. The van der Waals surface area contributed by atoms with Gasteiger partial charge in [0.05, 0.1) is 13.2 Å². The molecule has 0 spiro atoms. The Labute approximate surface area is 90.7 Å². The minimum atomic E-state index is 0.0972. The fourth-order valence-corrected chi connectivity index (χ4v) is 0.908. The summed E-state index contributed by atoms with van der Waals surface area (Å²) in [6.07, 6.45) is 0. The van der Waals surface area contributed by atoms with Crippen LogP contribution in [0.2, 0.25) is 0 Å². The molecule has 0 unspecified atom stereocenters. The van der Waals surface area contributed by atoms with Gasteiger partial charge in [0.25, 0.3) is 0 Å². The third-order valence-electron chi connectivity index (χ3n) is 1.59. The van der Waals surface area contributed by atoms with Crippen molar-refractivity contribution in [3.05, 3.63) is 35.9 Å². The van der Waals surface area contributed by atoms with E-state index in [0.717, 1.165) is 6.54 Å². The Bertz CT molecular complexity index is 215. The third-order valence-corrected chi connectivity index (χ3v) is 1.59. The van der Waals surface area contributed by atoms with Crippen LogP contribution in [0.1, 0.15) is 5.56 Å². The molecular formula is C11H20N2O2. The fraction of sp³-hybridized carbons (Fsp3) is 0.455. The standard InChI is InChI=1S/C9H13NO.C2H7NO/c11-7-6-10-8-9-4-2-1-3-5-9;3-1-2-4/h1-5,10-11H,6-8H2;4H,1-3H2. The van der Waals surface area contributed by atoms with Crippen LogP contribution in [-0.2, 0) is 6.54 Å². The van der Waals surface area contributed by atoms with E-state index in [-0.39, 0.29) is 13.2 Å². The first-order valence-corrected chi connectivity index (χ1v) is 5.01. The van der Waals surface area contributed by atoms with E-state index < -0.39 is 0 Å². The lowest BCUT2D eigenvalue weighted by molar-refractivity contribution is 0.292. The summed E-state index contributed by atoms with van der Waals surface area (Å²) in [5, 5.41) is 19.3. The van der Waals surface area contributed by atoms with E-state index in [2.05, 4.69) is 17.4 Å². The van der Waals surface area contributed by atoms with Gasteiger partial charge in [-0.25, -0.2) is 0 Å². The molecule has 0 aliphatic rings. The van der Waals surface area contributed by atoms with Gasteiger partial charge in [0.15, 0.2) is 0 Å². The normalized spacial score (nSPS) is 9.27. The molecule has 0 radical (unpaired) electrons. The molecular weight excluding hydrogens is 192 g/mol. The molecule has 0 saturated heterocycles. The van der Waals surface area contributed by atoms with Crippen LogP contribution in [0.4, 0.5) is 0 Å². The molecule has 0 aliphatic carbocycles. The lowest BCUT2D eigenvalue weighted by Crippen LogP contribution is -2.17. The zero-order valence-corrected chi connectivity index (χ0v) is 8.89. The van der Waals surface area contributed by atoms with Crippen molar-refractivity contribution in [3.8, 4) is 0 Å². The molecule has 4 heteroatoms. The molecule has 1 rings (SSSR count). The molecule has 0 heterocycles. The number of nitrogens with one attached hydrogen (secondary N) is 1. The van der Waals surface area contributed by atoms with Gasteiger partial charge in [-0.2, -0.15) is 0 Å². The average molecular weight is 212 g/mol. The monoisotopic (exact) mass is 212 g/mol. The molecule has 15 heavy (non-hydrogen) atoms. The maximum Gasteiger partial charge on any atom is 0.0556 e.